The number of rotatable bonds is 4. The molecule has 0 radical (unpaired) electrons. The van der Waals surface area contributed by atoms with Gasteiger partial charge in [-0.1, -0.05) is 6.07 Å². The number of benzene rings is 1. The Morgan fingerprint density at radius 3 is 2.83 bits per heavy atom. The van der Waals surface area contributed by atoms with Crippen molar-refractivity contribution < 1.29 is 14.3 Å². The van der Waals surface area contributed by atoms with E-state index in [1.807, 2.05) is 28.5 Å². The first-order valence-corrected chi connectivity index (χ1v) is 9.01. The van der Waals surface area contributed by atoms with Crippen molar-refractivity contribution in [2.24, 2.45) is 0 Å². The summed E-state index contributed by atoms with van der Waals surface area (Å²) in [6.07, 6.45) is 3.32. The van der Waals surface area contributed by atoms with Crippen LogP contribution in [0.15, 0.2) is 23.6 Å². The number of ether oxygens (including phenoxy) is 2. The number of methoxy groups -OCH3 is 2. The van der Waals surface area contributed by atoms with Crippen LogP contribution in [0.3, 0.4) is 0 Å². The van der Waals surface area contributed by atoms with E-state index in [0.717, 1.165) is 30.0 Å². The fourth-order valence-electron chi connectivity index (χ4n) is 3.10. The quantitative estimate of drug-likeness (QED) is 0.844. The normalized spacial score (nSPS) is 17.6. The number of hydrogen-bond donors (Lipinski definition) is 0. The molecule has 2 aromatic rings. The monoisotopic (exact) mass is 346 g/mol. The Hall–Kier alpha value is -2.08. The summed E-state index contributed by atoms with van der Waals surface area (Å²) in [5, 5.41) is 2.59. The maximum absolute atomic E-state index is 12.7. The highest BCUT2D eigenvalue weighted by Crippen LogP contribution is 2.39. The Kier molecular flexibility index (Phi) is 5.04. The SMILES string of the molecule is COc1cccc(-c2nc(C(=O)N3CCCC[C@@H]3C)cs2)c1OC. The first-order chi connectivity index (χ1) is 11.7. The van der Waals surface area contributed by atoms with Crippen LogP contribution in [0.1, 0.15) is 36.7 Å². The van der Waals surface area contributed by atoms with E-state index in [1.165, 1.54) is 17.8 Å². The summed E-state index contributed by atoms with van der Waals surface area (Å²) in [6, 6.07) is 5.95. The van der Waals surface area contributed by atoms with E-state index in [2.05, 4.69) is 11.9 Å². The Bertz CT molecular complexity index is 729. The second-order valence-electron chi connectivity index (χ2n) is 5.92. The maximum Gasteiger partial charge on any atom is 0.273 e. The summed E-state index contributed by atoms with van der Waals surface area (Å²) in [5.41, 5.74) is 1.35. The van der Waals surface area contributed by atoms with Crippen LogP contribution < -0.4 is 9.47 Å². The molecule has 6 heteroatoms. The third-order valence-electron chi connectivity index (χ3n) is 4.42. The van der Waals surface area contributed by atoms with E-state index in [9.17, 15) is 4.79 Å². The van der Waals surface area contributed by atoms with Crippen molar-refractivity contribution >= 4 is 17.2 Å². The van der Waals surface area contributed by atoms with Crippen molar-refractivity contribution in [3.8, 4) is 22.1 Å². The van der Waals surface area contributed by atoms with Crippen molar-refractivity contribution in [1.29, 1.82) is 0 Å². The topological polar surface area (TPSA) is 51.7 Å². The molecule has 1 saturated heterocycles. The number of hydrogen-bond acceptors (Lipinski definition) is 5. The zero-order chi connectivity index (χ0) is 17.1. The molecule has 24 heavy (non-hydrogen) atoms. The largest absolute Gasteiger partial charge is 0.493 e. The van der Waals surface area contributed by atoms with Gasteiger partial charge in [0.1, 0.15) is 10.7 Å². The average molecular weight is 346 g/mol. The van der Waals surface area contributed by atoms with Crippen LogP contribution in [0.5, 0.6) is 11.5 Å². The minimum Gasteiger partial charge on any atom is -0.493 e. The number of thiazole rings is 1. The van der Waals surface area contributed by atoms with Gasteiger partial charge in [0.25, 0.3) is 5.91 Å². The van der Waals surface area contributed by atoms with E-state index in [4.69, 9.17) is 9.47 Å². The van der Waals surface area contributed by atoms with Gasteiger partial charge >= 0.3 is 0 Å². The summed E-state index contributed by atoms with van der Waals surface area (Å²) in [7, 11) is 3.21. The van der Waals surface area contributed by atoms with Crippen LogP contribution in [-0.4, -0.2) is 42.6 Å². The summed E-state index contributed by atoms with van der Waals surface area (Å²) < 4.78 is 10.8. The van der Waals surface area contributed by atoms with Crippen LogP contribution in [0, 0.1) is 0 Å². The van der Waals surface area contributed by atoms with Crippen molar-refractivity contribution in [2.45, 2.75) is 32.2 Å². The molecule has 1 aromatic heterocycles. The minimum atomic E-state index is 0.0200. The first-order valence-electron chi connectivity index (χ1n) is 8.13. The number of amides is 1. The molecule has 0 spiro atoms. The van der Waals surface area contributed by atoms with Gasteiger partial charge in [-0.2, -0.15) is 0 Å². The van der Waals surface area contributed by atoms with Crippen molar-refractivity contribution in [3.63, 3.8) is 0 Å². The highest BCUT2D eigenvalue weighted by Gasteiger charge is 2.26. The zero-order valence-electron chi connectivity index (χ0n) is 14.2. The smallest absolute Gasteiger partial charge is 0.273 e. The van der Waals surface area contributed by atoms with Gasteiger partial charge in [0, 0.05) is 18.0 Å². The Morgan fingerprint density at radius 2 is 2.12 bits per heavy atom. The van der Waals surface area contributed by atoms with Gasteiger partial charge < -0.3 is 14.4 Å². The number of para-hydroxylation sites is 1. The zero-order valence-corrected chi connectivity index (χ0v) is 15.1. The summed E-state index contributed by atoms with van der Waals surface area (Å²) >= 11 is 1.45. The molecule has 2 heterocycles. The Morgan fingerprint density at radius 1 is 1.29 bits per heavy atom. The molecule has 1 amide bonds. The third-order valence-corrected chi connectivity index (χ3v) is 5.30. The van der Waals surface area contributed by atoms with Gasteiger partial charge in [0.05, 0.1) is 19.8 Å². The van der Waals surface area contributed by atoms with Crippen molar-refractivity contribution in [1.82, 2.24) is 9.88 Å². The number of piperidine rings is 1. The molecule has 0 unspecified atom stereocenters. The van der Waals surface area contributed by atoms with E-state index in [0.29, 0.717) is 17.2 Å². The molecule has 128 valence electrons. The molecule has 1 aliphatic rings. The average Bonchev–Trinajstić information content (AvgIpc) is 3.10. The molecule has 0 bridgehead atoms. The molecule has 1 aliphatic heterocycles. The van der Waals surface area contributed by atoms with Crippen LogP contribution >= 0.6 is 11.3 Å². The van der Waals surface area contributed by atoms with Gasteiger partial charge in [0.15, 0.2) is 11.5 Å². The lowest BCUT2D eigenvalue weighted by atomic mass is 10.0. The molecule has 5 nitrogen and oxygen atoms in total. The van der Waals surface area contributed by atoms with Crippen molar-refractivity contribution in [3.05, 3.63) is 29.3 Å². The first kappa shape index (κ1) is 16.8. The molecule has 0 aliphatic carbocycles. The molecule has 1 atom stereocenters. The van der Waals surface area contributed by atoms with Gasteiger partial charge in [-0.3, -0.25) is 4.79 Å². The van der Waals surface area contributed by atoms with E-state index >= 15 is 0 Å². The predicted octanol–water partition coefficient (Wildman–Crippen LogP) is 3.84. The van der Waals surface area contributed by atoms with Gasteiger partial charge in [0.2, 0.25) is 0 Å². The molecule has 1 aromatic carbocycles. The number of nitrogens with zero attached hydrogens (tertiary/aromatic N) is 2. The molecule has 0 N–H and O–H groups in total. The van der Waals surface area contributed by atoms with Crippen LogP contribution in [0.4, 0.5) is 0 Å². The van der Waals surface area contributed by atoms with Crippen LogP contribution in [0.25, 0.3) is 10.6 Å². The lowest BCUT2D eigenvalue weighted by Gasteiger charge is -2.32. The predicted molar refractivity (Wildman–Crippen MR) is 95.0 cm³/mol. The standard InChI is InChI=1S/C18H22N2O3S/c1-12-7-4-5-10-20(12)18(21)14-11-24-17(19-14)13-8-6-9-15(22-2)16(13)23-3/h6,8-9,11-12H,4-5,7,10H2,1-3H3/t12-/m0/s1. The number of carbonyl (C=O) groups is 1. The molecule has 1 fully saturated rings. The van der Waals surface area contributed by atoms with E-state index < -0.39 is 0 Å². The van der Waals surface area contributed by atoms with Crippen LogP contribution in [-0.2, 0) is 0 Å². The van der Waals surface area contributed by atoms with E-state index in [-0.39, 0.29) is 11.9 Å². The molecular weight excluding hydrogens is 324 g/mol. The minimum absolute atomic E-state index is 0.0200. The lowest BCUT2D eigenvalue weighted by molar-refractivity contribution is 0.0630. The highest BCUT2D eigenvalue weighted by atomic mass is 32.1. The maximum atomic E-state index is 12.7. The van der Waals surface area contributed by atoms with Crippen LogP contribution in [0.2, 0.25) is 0 Å². The second-order valence-corrected chi connectivity index (χ2v) is 6.78. The number of carbonyl (C=O) groups excluding carboxylic acids is 1. The Balaban J connectivity index is 1.90. The molecule has 0 saturated carbocycles. The highest BCUT2D eigenvalue weighted by molar-refractivity contribution is 7.13. The van der Waals surface area contributed by atoms with Crippen molar-refractivity contribution in [2.75, 3.05) is 20.8 Å². The fraction of sp³-hybridized carbons (Fsp3) is 0.444. The second kappa shape index (κ2) is 7.21. The van der Waals surface area contributed by atoms with Gasteiger partial charge in [-0.05, 0) is 38.3 Å². The molecule has 3 rings (SSSR count). The van der Waals surface area contributed by atoms with Gasteiger partial charge in [-0.15, -0.1) is 11.3 Å². The third kappa shape index (κ3) is 3.11. The fourth-order valence-corrected chi connectivity index (χ4v) is 3.91. The number of aromatic nitrogens is 1. The van der Waals surface area contributed by atoms with E-state index in [1.54, 1.807) is 14.2 Å². The van der Waals surface area contributed by atoms with Gasteiger partial charge in [-0.25, -0.2) is 4.98 Å². The number of likely N-dealkylation sites (tertiary alicyclic amines) is 1. The molecular formula is C18H22N2O3S. The summed E-state index contributed by atoms with van der Waals surface area (Å²) in [5.74, 6) is 1.31. The summed E-state index contributed by atoms with van der Waals surface area (Å²) in [4.78, 5) is 19.2. The Labute approximate surface area is 146 Å². The summed E-state index contributed by atoms with van der Waals surface area (Å²) in [6.45, 7) is 2.92. The lowest BCUT2D eigenvalue weighted by Crippen LogP contribution is -2.42.